The molecule has 3 rings (SSSR count). The summed E-state index contributed by atoms with van der Waals surface area (Å²) in [7, 11) is 0. The number of carbonyl (C=O) groups is 1. The summed E-state index contributed by atoms with van der Waals surface area (Å²) >= 11 is 0. The van der Waals surface area contributed by atoms with Gasteiger partial charge in [-0.3, -0.25) is 4.79 Å². The van der Waals surface area contributed by atoms with Crippen molar-refractivity contribution < 1.29 is 18.8 Å². The second-order valence-corrected chi connectivity index (χ2v) is 4.56. The SMILES string of the molecule is Cc1cc(NC(=O)/C(C#N)=C\c2ccc3c(c2)OCO3)no1. The molecule has 110 valence electrons. The molecule has 0 spiro atoms. The first-order chi connectivity index (χ1) is 10.7. The predicted octanol–water partition coefficient (Wildman–Crippen LogP) is 2.26. The van der Waals surface area contributed by atoms with Gasteiger partial charge >= 0.3 is 0 Å². The minimum absolute atomic E-state index is 0.0560. The number of nitrogens with zero attached hydrogens (tertiary/aromatic N) is 2. The molecule has 1 amide bonds. The molecule has 0 saturated carbocycles. The Morgan fingerprint density at radius 3 is 2.91 bits per heavy atom. The first-order valence-electron chi connectivity index (χ1n) is 6.42. The van der Waals surface area contributed by atoms with E-state index in [-0.39, 0.29) is 18.2 Å². The van der Waals surface area contributed by atoms with Crippen molar-refractivity contribution in [3.8, 4) is 17.6 Å². The number of aryl methyl sites for hydroxylation is 1. The number of benzene rings is 1. The van der Waals surface area contributed by atoms with Crippen LogP contribution in [0.5, 0.6) is 11.5 Å². The summed E-state index contributed by atoms with van der Waals surface area (Å²) in [4.78, 5) is 12.1. The average Bonchev–Trinajstić information content (AvgIpc) is 3.12. The Balaban J connectivity index is 1.81. The van der Waals surface area contributed by atoms with Gasteiger partial charge in [-0.05, 0) is 30.7 Å². The van der Waals surface area contributed by atoms with Gasteiger partial charge in [-0.15, -0.1) is 0 Å². The third-order valence-corrected chi connectivity index (χ3v) is 2.94. The van der Waals surface area contributed by atoms with E-state index in [2.05, 4.69) is 10.5 Å². The zero-order valence-electron chi connectivity index (χ0n) is 11.6. The highest BCUT2D eigenvalue weighted by atomic mass is 16.7. The van der Waals surface area contributed by atoms with Crippen LogP contribution in [0.3, 0.4) is 0 Å². The van der Waals surface area contributed by atoms with E-state index in [1.807, 2.05) is 6.07 Å². The molecule has 7 nitrogen and oxygen atoms in total. The number of aromatic nitrogens is 1. The number of hydrogen-bond acceptors (Lipinski definition) is 6. The maximum atomic E-state index is 12.1. The number of hydrogen-bond donors (Lipinski definition) is 1. The predicted molar refractivity (Wildman–Crippen MR) is 76.0 cm³/mol. The van der Waals surface area contributed by atoms with E-state index in [4.69, 9.17) is 19.3 Å². The minimum Gasteiger partial charge on any atom is -0.454 e. The Labute approximate surface area is 125 Å². The van der Waals surface area contributed by atoms with Gasteiger partial charge in [0.25, 0.3) is 5.91 Å². The standard InChI is InChI=1S/C15H11N3O4/c1-9-4-14(18-22-9)17-15(19)11(7-16)5-10-2-3-12-13(6-10)21-8-20-12/h2-6H,8H2,1H3,(H,17,18,19)/b11-5-. The molecule has 0 bridgehead atoms. The molecule has 2 aromatic rings. The molecular formula is C15H11N3O4. The van der Waals surface area contributed by atoms with E-state index < -0.39 is 5.91 Å². The third kappa shape index (κ3) is 2.76. The van der Waals surface area contributed by atoms with Gasteiger partial charge in [0.15, 0.2) is 17.3 Å². The highest BCUT2D eigenvalue weighted by Gasteiger charge is 2.15. The van der Waals surface area contributed by atoms with Crippen molar-refractivity contribution >= 4 is 17.8 Å². The van der Waals surface area contributed by atoms with Crippen molar-refractivity contribution in [2.75, 3.05) is 12.1 Å². The first-order valence-corrected chi connectivity index (χ1v) is 6.42. The molecule has 0 atom stereocenters. The molecule has 1 aromatic heterocycles. The Morgan fingerprint density at radius 1 is 1.36 bits per heavy atom. The van der Waals surface area contributed by atoms with E-state index in [1.54, 1.807) is 31.2 Å². The largest absolute Gasteiger partial charge is 0.454 e. The fourth-order valence-electron chi connectivity index (χ4n) is 1.93. The fourth-order valence-corrected chi connectivity index (χ4v) is 1.93. The summed E-state index contributed by atoms with van der Waals surface area (Å²) in [6.45, 7) is 1.87. The zero-order valence-corrected chi connectivity index (χ0v) is 11.6. The number of nitrogens with one attached hydrogen (secondary N) is 1. The van der Waals surface area contributed by atoms with Crippen LogP contribution in [0.2, 0.25) is 0 Å². The Kier molecular flexibility index (Phi) is 3.50. The van der Waals surface area contributed by atoms with Crippen LogP contribution >= 0.6 is 0 Å². The topological polar surface area (TPSA) is 97.4 Å². The van der Waals surface area contributed by atoms with Crippen molar-refractivity contribution in [3.63, 3.8) is 0 Å². The molecule has 7 heteroatoms. The van der Waals surface area contributed by atoms with Crippen LogP contribution in [0.1, 0.15) is 11.3 Å². The highest BCUT2D eigenvalue weighted by Crippen LogP contribution is 2.33. The van der Waals surface area contributed by atoms with Crippen molar-refractivity contribution in [2.24, 2.45) is 0 Å². The summed E-state index contributed by atoms with van der Waals surface area (Å²) in [5.41, 5.74) is 0.604. The summed E-state index contributed by atoms with van der Waals surface area (Å²) in [5.74, 6) is 1.48. The molecule has 0 radical (unpaired) electrons. The lowest BCUT2D eigenvalue weighted by atomic mass is 10.1. The quantitative estimate of drug-likeness (QED) is 0.689. The number of rotatable bonds is 3. The number of nitriles is 1. The lowest BCUT2D eigenvalue weighted by molar-refractivity contribution is -0.112. The van der Waals surface area contributed by atoms with E-state index in [9.17, 15) is 4.79 Å². The lowest BCUT2D eigenvalue weighted by Gasteiger charge is -2.01. The van der Waals surface area contributed by atoms with Gasteiger partial charge in [0.05, 0.1) is 0 Å². The van der Waals surface area contributed by atoms with Crippen LogP contribution in [0.25, 0.3) is 6.08 Å². The Hall–Kier alpha value is -3.27. The maximum Gasteiger partial charge on any atom is 0.267 e. The van der Waals surface area contributed by atoms with Crippen LogP contribution in [-0.4, -0.2) is 17.9 Å². The molecule has 0 fully saturated rings. The molecule has 22 heavy (non-hydrogen) atoms. The second kappa shape index (κ2) is 5.61. The fraction of sp³-hybridized carbons (Fsp3) is 0.133. The van der Waals surface area contributed by atoms with Gasteiger partial charge in [-0.25, -0.2) is 0 Å². The second-order valence-electron chi connectivity index (χ2n) is 4.56. The molecule has 1 aliphatic heterocycles. The first kappa shape index (κ1) is 13.7. The summed E-state index contributed by atoms with van der Waals surface area (Å²) < 4.78 is 15.3. The van der Waals surface area contributed by atoms with Crippen molar-refractivity contribution in [1.82, 2.24) is 5.16 Å². The van der Waals surface area contributed by atoms with E-state index in [0.717, 1.165) is 0 Å². The average molecular weight is 297 g/mol. The normalized spacial score (nSPS) is 12.8. The molecule has 2 heterocycles. The van der Waals surface area contributed by atoms with E-state index in [1.165, 1.54) is 6.08 Å². The zero-order chi connectivity index (χ0) is 15.5. The maximum absolute atomic E-state index is 12.1. The molecule has 1 aliphatic rings. The van der Waals surface area contributed by atoms with Gasteiger partial charge in [-0.2, -0.15) is 5.26 Å². The Bertz CT molecular complexity index is 801. The summed E-state index contributed by atoms with van der Waals surface area (Å²) in [6, 6.07) is 8.59. The summed E-state index contributed by atoms with van der Waals surface area (Å²) in [5, 5.41) is 15.3. The minimum atomic E-state index is -0.562. The number of amides is 1. The number of ether oxygens (including phenoxy) is 2. The highest BCUT2D eigenvalue weighted by molar-refractivity contribution is 6.09. The van der Waals surface area contributed by atoms with Gasteiger partial charge in [0.1, 0.15) is 17.4 Å². The van der Waals surface area contributed by atoms with Gasteiger partial charge < -0.3 is 19.3 Å². The molecule has 0 aliphatic carbocycles. The van der Waals surface area contributed by atoms with Crippen molar-refractivity contribution in [1.29, 1.82) is 5.26 Å². The van der Waals surface area contributed by atoms with Gasteiger partial charge in [0.2, 0.25) is 6.79 Å². The van der Waals surface area contributed by atoms with E-state index in [0.29, 0.717) is 22.8 Å². The van der Waals surface area contributed by atoms with Crippen LogP contribution in [0.4, 0.5) is 5.82 Å². The van der Waals surface area contributed by atoms with Gasteiger partial charge in [-0.1, -0.05) is 11.2 Å². The van der Waals surface area contributed by atoms with Gasteiger partial charge in [0, 0.05) is 6.07 Å². The van der Waals surface area contributed by atoms with Crippen LogP contribution in [0.15, 0.2) is 34.4 Å². The van der Waals surface area contributed by atoms with Crippen molar-refractivity contribution in [2.45, 2.75) is 6.92 Å². The number of anilines is 1. The molecule has 1 aromatic carbocycles. The van der Waals surface area contributed by atoms with Crippen molar-refractivity contribution in [3.05, 3.63) is 41.2 Å². The molecular weight excluding hydrogens is 286 g/mol. The lowest BCUT2D eigenvalue weighted by Crippen LogP contribution is -2.13. The molecule has 0 unspecified atom stereocenters. The Morgan fingerprint density at radius 2 is 2.18 bits per heavy atom. The molecule has 1 N–H and O–H groups in total. The smallest absolute Gasteiger partial charge is 0.267 e. The molecule has 0 saturated heterocycles. The van der Waals surface area contributed by atoms with Crippen LogP contribution in [-0.2, 0) is 4.79 Å². The van der Waals surface area contributed by atoms with E-state index >= 15 is 0 Å². The third-order valence-electron chi connectivity index (χ3n) is 2.94. The number of carbonyl (C=O) groups excluding carboxylic acids is 1. The monoisotopic (exact) mass is 297 g/mol. The number of fused-ring (bicyclic) bond motifs is 1. The van der Waals surface area contributed by atoms with Crippen LogP contribution < -0.4 is 14.8 Å². The van der Waals surface area contributed by atoms with Crippen LogP contribution in [0, 0.1) is 18.3 Å². The summed E-state index contributed by atoms with van der Waals surface area (Å²) in [6.07, 6.45) is 1.46.